The molecule has 5 heteroatoms. The summed E-state index contributed by atoms with van der Waals surface area (Å²) >= 11 is 0. The molecule has 0 heterocycles. The summed E-state index contributed by atoms with van der Waals surface area (Å²) in [5.74, 6) is -0.171. The second-order valence-corrected chi connectivity index (χ2v) is 10.3. The van der Waals surface area contributed by atoms with E-state index in [2.05, 4.69) is 0 Å². The van der Waals surface area contributed by atoms with Crippen LogP contribution in [0.4, 0.5) is 4.39 Å². The average molecular weight is 385 g/mol. The maximum atomic E-state index is 12.9. The van der Waals surface area contributed by atoms with Crippen molar-refractivity contribution in [2.45, 2.75) is 98.0 Å². The van der Waals surface area contributed by atoms with Gasteiger partial charge >= 0.3 is 8.80 Å². The van der Waals surface area contributed by atoms with Crippen molar-refractivity contribution >= 4 is 8.80 Å². The van der Waals surface area contributed by atoms with Crippen molar-refractivity contribution in [1.29, 1.82) is 0 Å². The smallest absolute Gasteiger partial charge is 0.371 e. The lowest BCUT2D eigenvalue weighted by Gasteiger charge is -2.34. The quantitative estimate of drug-likeness (QED) is 0.302. The van der Waals surface area contributed by atoms with Crippen LogP contribution >= 0.6 is 0 Å². The number of hydrogen-bond donors (Lipinski definition) is 0. The Morgan fingerprint density at radius 3 is 1.65 bits per heavy atom. The van der Waals surface area contributed by atoms with E-state index >= 15 is 0 Å². The minimum absolute atomic E-state index is 0.0950. The third-order valence-corrected chi connectivity index (χ3v) is 7.31. The predicted octanol–water partition coefficient (Wildman–Crippen LogP) is 6.14. The number of unbranched alkanes of at least 4 members (excludes halogenated alkanes) is 3. The second-order valence-electron chi connectivity index (χ2n) is 7.72. The third kappa shape index (κ3) is 9.81. The van der Waals surface area contributed by atoms with Crippen LogP contribution in [-0.4, -0.2) is 27.1 Å². The zero-order valence-electron chi connectivity index (χ0n) is 17.4. The van der Waals surface area contributed by atoms with Gasteiger partial charge in [-0.3, -0.25) is 0 Å². The Balaban J connectivity index is 2.44. The zero-order chi connectivity index (χ0) is 19.6. The molecule has 0 aliphatic heterocycles. The van der Waals surface area contributed by atoms with Crippen LogP contribution < -0.4 is 0 Å². The van der Waals surface area contributed by atoms with E-state index in [9.17, 15) is 4.39 Å². The summed E-state index contributed by atoms with van der Waals surface area (Å²) in [5.41, 5.74) is 1.20. The number of benzene rings is 1. The van der Waals surface area contributed by atoms with Crippen molar-refractivity contribution in [3.63, 3.8) is 0 Å². The minimum atomic E-state index is -2.66. The van der Waals surface area contributed by atoms with Crippen LogP contribution in [0.15, 0.2) is 24.3 Å². The molecule has 1 rings (SSSR count). The molecule has 0 aromatic heterocycles. The second kappa shape index (κ2) is 11.9. The molecule has 150 valence electrons. The molecule has 0 unspecified atom stereocenters. The molecule has 0 N–H and O–H groups in total. The number of halogens is 1. The van der Waals surface area contributed by atoms with Gasteiger partial charge in [0.25, 0.3) is 0 Å². The monoisotopic (exact) mass is 384 g/mol. The molecule has 0 saturated heterocycles. The number of aryl methyl sites for hydroxylation is 1. The fourth-order valence-electron chi connectivity index (χ4n) is 3.01. The van der Waals surface area contributed by atoms with Gasteiger partial charge < -0.3 is 13.3 Å². The molecular formula is C21H37FO3Si. The standard InChI is InChI=1S/C21H37FO3Si/c1-17(2)23-26(24-18(3)4,25-19(5)6)16-10-8-7-9-11-20-12-14-21(22)15-13-20/h12-15,17-19H,7-11,16H2,1-6H3. The lowest BCUT2D eigenvalue weighted by Crippen LogP contribution is -2.50. The van der Waals surface area contributed by atoms with Crippen LogP contribution in [0.1, 0.15) is 72.8 Å². The van der Waals surface area contributed by atoms with E-state index in [0.717, 1.165) is 38.1 Å². The van der Waals surface area contributed by atoms with Crippen molar-refractivity contribution in [2.75, 3.05) is 0 Å². The van der Waals surface area contributed by atoms with Gasteiger partial charge in [-0.2, -0.15) is 0 Å². The van der Waals surface area contributed by atoms with Gasteiger partial charge in [-0.1, -0.05) is 25.0 Å². The maximum absolute atomic E-state index is 12.9. The summed E-state index contributed by atoms with van der Waals surface area (Å²) in [6.45, 7) is 12.2. The van der Waals surface area contributed by atoms with Crippen LogP contribution in [0.3, 0.4) is 0 Å². The van der Waals surface area contributed by atoms with E-state index in [4.69, 9.17) is 13.3 Å². The van der Waals surface area contributed by atoms with Gasteiger partial charge in [-0.05, 0) is 78.5 Å². The van der Waals surface area contributed by atoms with Gasteiger partial charge in [-0.15, -0.1) is 0 Å². The SMILES string of the molecule is CC(C)O[Si](CCCCCCc1ccc(F)cc1)(OC(C)C)OC(C)C. The first kappa shape index (κ1) is 23.3. The summed E-state index contributed by atoms with van der Waals surface area (Å²) in [5, 5.41) is 0. The Bertz CT molecular complexity index is 462. The van der Waals surface area contributed by atoms with Gasteiger partial charge in [0.05, 0.1) is 0 Å². The highest BCUT2D eigenvalue weighted by molar-refractivity contribution is 6.60. The van der Waals surface area contributed by atoms with Crippen molar-refractivity contribution in [3.8, 4) is 0 Å². The molecule has 1 aromatic carbocycles. The molecule has 0 bridgehead atoms. The molecule has 0 saturated carbocycles. The third-order valence-electron chi connectivity index (χ3n) is 3.86. The van der Waals surface area contributed by atoms with Gasteiger partial charge in [0, 0.05) is 24.4 Å². The Hall–Kier alpha value is -0.753. The lowest BCUT2D eigenvalue weighted by molar-refractivity contribution is 0.00278. The summed E-state index contributed by atoms with van der Waals surface area (Å²) in [6.07, 6.45) is 5.71. The fourth-order valence-corrected chi connectivity index (χ4v) is 6.37. The predicted molar refractivity (Wildman–Crippen MR) is 108 cm³/mol. The molecule has 0 fully saturated rings. The molecule has 0 radical (unpaired) electrons. The Morgan fingerprint density at radius 1 is 0.731 bits per heavy atom. The molecule has 1 aromatic rings. The van der Waals surface area contributed by atoms with E-state index in [1.54, 1.807) is 0 Å². The van der Waals surface area contributed by atoms with Crippen molar-refractivity contribution < 1.29 is 17.7 Å². The molecule has 0 aliphatic carbocycles. The Labute approximate surface area is 160 Å². The first-order valence-electron chi connectivity index (χ1n) is 10.0. The van der Waals surface area contributed by atoms with Crippen LogP contribution in [0.2, 0.25) is 6.04 Å². The summed E-state index contributed by atoms with van der Waals surface area (Å²) < 4.78 is 31.5. The minimum Gasteiger partial charge on any atom is -0.371 e. The van der Waals surface area contributed by atoms with E-state index in [1.807, 2.05) is 53.7 Å². The van der Waals surface area contributed by atoms with E-state index in [-0.39, 0.29) is 24.1 Å². The summed E-state index contributed by atoms with van der Waals surface area (Å²) in [6, 6.07) is 7.67. The Kier molecular flexibility index (Phi) is 10.6. The van der Waals surface area contributed by atoms with Crippen LogP contribution in [-0.2, 0) is 19.7 Å². The molecule has 0 atom stereocenters. The van der Waals surface area contributed by atoms with E-state index in [0.29, 0.717) is 0 Å². The van der Waals surface area contributed by atoms with E-state index in [1.165, 1.54) is 17.7 Å². The fraction of sp³-hybridized carbons (Fsp3) is 0.714. The first-order chi connectivity index (χ1) is 12.2. The molecular weight excluding hydrogens is 347 g/mol. The number of hydrogen-bond acceptors (Lipinski definition) is 3. The van der Waals surface area contributed by atoms with Crippen LogP contribution in [0, 0.1) is 5.82 Å². The maximum Gasteiger partial charge on any atom is 0.501 e. The topological polar surface area (TPSA) is 27.7 Å². The molecule has 0 aliphatic rings. The van der Waals surface area contributed by atoms with Gasteiger partial charge in [0.2, 0.25) is 0 Å². The highest BCUT2D eigenvalue weighted by Crippen LogP contribution is 2.25. The van der Waals surface area contributed by atoms with Gasteiger partial charge in [0.1, 0.15) is 5.82 Å². The largest absolute Gasteiger partial charge is 0.501 e. The molecule has 0 spiro atoms. The summed E-state index contributed by atoms with van der Waals surface area (Å²) in [7, 11) is -2.66. The lowest BCUT2D eigenvalue weighted by atomic mass is 10.1. The van der Waals surface area contributed by atoms with Crippen molar-refractivity contribution in [3.05, 3.63) is 35.6 Å². The zero-order valence-corrected chi connectivity index (χ0v) is 18.4. The molecule has 0 amide bonds. The highest BCUT2D eigenvalue weighted by Gasteiger charge is 2.43. The van der Waals surface area contributed by atoms with Crippen LogP contribution in [0.5, 0.6) is 0 Å². The number of rotatable bonds is 13. The molecule has 3 nitrogen and oxygen atoms in total. The normalized spacial score (nSPS) is 12.5. The Morgan fingerprint density at radius 2 is 1.19 bits per heavy atom. The highest BCUT2D eigenvalue weighted by atomic mass is 28.4. The molecule has 26 heavy (non-hydrogen) atoms. The van der Waals surface area contributed by atoms with Gasteiger partial charge in [-0.25, -0.2) is 4.39 Å². The van der Waals surface area contributed by atoms with Crippen LogP contribution in [0.25, 0.3) is 0 Å². The van der Waals surface area contributed by atoms with Crippen molar-refractivity contribution in [1.82, 2.24) is 0 Å². The summed E-state index contributed by atoms with van der Waals surface area (Å²) in [4.78, 5) is 0. The van der Waals surface area contributed by atoms with E-state index < -0.39 is 8.80 Å². The average Bonchev–Trinajstić information content (AvgIpc) is 2.50. The van der Waals surface area contributed by atoms with Gasteiger partial charge in [0.15, 0.2) is 0 Å². The van der Waals surface area contributed by atoms with Crippen molar-refractivity contribution in [2.24, 2.45) is 0 Å². The first-order valence-corrected chi connectivity index (χ1v) is 11.9.